The van der Waals surface area contributed by atoms with Crippen LogP contribution in [0, 0.1) is 5.92 Å². The van der Waals surface area contributed by atoms with Gasteiger partial charge in [-0.05, 0) is 41.7 Å². The van der Waals surface area contributed by atoms with Gasteiger partial charge in [0.15, 0.2) is 0 Å². The fourth-order valence-electron chi connectivity index (χ4n) is 1.93. The van der Waals surface area contributed by atoms with Gasteiger partial charge in [0, 0.05) is 11.4 Å². The summed E-state index contributed by atoms with van der Waals surface area (Å²) in [6.07, 6.45) is 7.48. The van der Waals surface area contributed by atoms with Crippen LogP contribution in [0.5, 0.6) is 0 Å². The van der Waals surface area contributed by atoms with E-state index in [0.29, 0.717) is 0 Å². The number of aromatic nitrogens is 1. The molecule has 0 aromatic carbocycles. The second-order valence-corrected chi connectivity index (χ2v) is 6.61. The molecule has 0 bridgehead atoms. The van der Waals surface area contributed by atoms with Gasteiger partial charge in [0.25, 0.3) is 0 Å². The van der Waals surface area contributed by atoms with Gasteiger partial charge in [-0.15, -0.1) is 0 Å². The Labute approximate surface area is 99.8 Å². The Morgan fingerprint density at radius 1 is 1.27 bits per heavy atom. The van der Waals surface area contributed by atoms with Crippen LogP contribution >= 0.6 is 21.6 Å². The highest BCUT2D eigenvalue weighted by atomic mass is 33.1. The predicted octanol–water partition coefficient (Wildman–Crippen LogP) is 4.40. The van der Waals surface area contributed by atoms with Crippen LogP contribution < -0.4 is 0 Å². The summed E-state index contributed by atoms with van der Waals surface area (Å²) in [4.78, 5) is 4.33. The first-order chi connectivity index (χ1) is 7.36. The van der Waals surface area contributed by atoms with Crippen molar-refractivity contribution in [3.63, 3.8) is 0 Å². The van der Waals surface area contributed by atoms with Crippen molar-refractivity contribution in [1.82, 2.24) is 4.98 Å². The van der Waals surface area contributed by atoms with Crippen LogP contribution in [0.1, 0.15) is 32.6 Å². The van der Waals surface area contributed by atoms with Crippen LogP contribution in [-0.2, 0) is 0 Å². The van der Waals surface area contributed by atoms with Crippen molar-refractivity contribution in [1.29, 1.82) is 0 Å². The zero-order chi connectivity index (χ0) is 10.5. The van der Waals surface area contributed by atoms with Crippen LogP contribution in [0.15, 0.2) is 29.4 Å². The molecule has 0 N–H and O–H groups in total. The Hall–Kier alpha value is -0.150. The summed E-state index contributed by atoms with van der Waals surface area (Å²) < 4.78 is 0. The Balaban J connectivity index is 1.82. The van der Waals surface area contributed by atoms with Crippen LogP contribution in [0.4, 0.5) is 0 Å². The van der Waals surface area contributed by atoms with E-state index in [9.17, 15) is 0 Å². The van der Waals surface area contributed by atoms with Gasteiger partial charge in [-0.3, -0.25) is 0 Å². The summed E-state index contributed by atoms with van der Waals surface area (Å²) in [5.74, 6) is 0.875. The molecule has 2 unspecified atom stereocenters. The summed E-state index contributed by atoms with van der Waals surface area (Å²) >= 11 is 0. The Morgan fingerprint density at radius 3 is 2.87 bits per heavy atom. The summed E-state index contributed by atoms with van der Waals surface area (Å²) in [5.41, 5.74) is 0. The molecule has 0 saturated heterocycles. The molecule has 1 heterocycles. The molecule has 0 aliphatic heterocycles. The zero-order valence-corrected chi connectivity index (χ0v) is 10.7. The molecule has 1 aliphatic carbocycles. The highest BCUT2D eigenvalue weighted by molar-refractivity contribution is 8.76. The monoisotopic (exact) mass is 239 g/mol. The van der Waals surface area contributed by atoms with Gasteiger partial charge in [-0.2, -0.15) is 0 Å². The summed E-state index contributed by atoms with van der Waals surface area (Å²) in [6, 6.07) is 6.11. The smallest absolute Gasteiger partial charge is 0.106 e. The molecule has 1 aromatic heterocycles. The molecule has 1 saturated carbocycles. The van der Waals surface area contributed by atoms with E-state index in [1.807, 2.05) is 33.9 Å². The average molecular weight is 239 g/mol. The van der Waals surface area contributed by atoms with Gasteiger partial charge < -0.3 is 0 Å². The lowest BCUT2D eigenvalue weighted by molar-refractivity contribution is 0.399. The fraction of sp³-hybridized carbons (Fsp3) is 0.583. The normalized spacial score (nSPS) is 26.5. The topological polar surface area (TPSA) is 12.9 Å². The maximum atomic E-state index is 4.33. The summed E-state index contributed by atoms with van der Waals surface area (Å²) in [7, 11) is 3.85. The maximum absolute atomic E-state index is 4.33. The van der Waals surface area contributed by atoms with E-state index in [2.05, 4.69) is 24.0 Å². The molecule has 3 heteroatoms. The lowest BCUT2D eigenvalue weighted by Gasteiger charge is -2.27. The van der Waals surface area contributed by atoms with Gasteiger partial charge in [-0.1, -0.05) is 36.6 Å². The molecular formula is C12H17NS2. The van der Waals surface area contributed by atoms with Gasteiger partial charge in [0.2, 0.25) is 0 Å². The Kier molecular flexibility index (Phi) is 4.39. The summed E-state index contributed by atoms with van der Waals surface area (Å²) in [5, 5.41) is 1.96. The third-order valence-electron chi connectivity index (χ3n) is 2.93. The highest BCUT2D eigenvalue weighted by Crippen LogP contribution is 2.41. The second-order valence-electron chi connectivity index (χ2n) is 4.15. The van der Waals surface area contributed by atoms with E-state index < -0.39 is 0 Å². The highest BCUT2D eigenvalue weighted by Gasteiger charge is 2.22. The second kappa shape index (κ2) is 5.80. The minimum atomic E-state index is 0.825. The first-order valence-corrected chi connectivity index (χ1v) is 7.82. The first-order valence-electron chi connectivity index (χ1n) is 5.60. The van der Waals surface area contributed by atoms with Crippen LogP contribution in [0.25, 0.3) is 0 Å². The molecule has 1 aliphatic rings. The quantitative estimate of drug-likeness (QED) is 0.726. The number of hydrogen-bond donors (Lipinski definition) is 0. The van der Waals surface area contributed by atoms with Crippen molar-refractivity contribution >= 4 is 21.6 Å². The lowest BCUT2D eigenvalue weighted by Crippen LogP contribution is -2.17. The molecule has 2 rings (SSSR count). The van der Waals surface area contributed by atoms with Gasteiger partial charge in [-0.25, -0.2) is 4.98 Å². The van der Waals surface area contributed by atoms with Crippen LogP contribution in [0.2, 0.25) is 0 Å². The van der Waals surface area contributed by atoms with E-state index >= 15 is 0 Å². The molecule has 0 radical (unpaired) electrons. The van der Waals surface area contributed by atoms with Crippen LogP contribution in [0.3, 0.4) is 0 Å². The molecular weight excluding hydrogens is 222 g/mol. The van der Waals surface area contributed by atoms with Crippen molar-refractivity contribution in [2.45, 2.75) is 42.9 Å². The number of nitrogens with zero attached hydrogens (tertiary/aromatic N) is 1. The third kappa shape index (κ3) is 3.42. The maximum Gasteiger partial charge on any atom is 0.106 e. The standard InChI is InChI=1S/C12H17NS2/c1-10-6-2-3-7-11(10)14-15-12-8-4-5-9-13-12/h4-5,8-11H,2-3,6-7H2,1H3. The third-order valence-corrected chi connectivity index (χ3v) is 5.93. The zero-order valence-electron chi connectivity index (χ0n) is 9.06. The van der Waals surface area contributed by atoms with Gasteiger partial charge in [0.05, 0.1) is 0 Å². The number of rotatable bonds is 3. The van der Waals surface area contributed by atoms with E-state index in [4.69, 9.17) is 0 Å². The molecule has 1 fully saturated rings. The van der Waals surface area contributed by atoms with Crippen molar-refractivity contribution in [2.24, 2.45) is 5.92 Å². The molecule has 1 aromatic rings. The van der Waals surface area contributed by atoms with E-state index in [1.165, 1.54) is 25.7 Å². The van der Waals surface area contributed by atoms with E-state index in [-0.39, 0.29) is 0 Å². The molecule has 0 amide bonds. The molecule has 0 spiro atoms. The predicted molar refractivity (Wildman–Crippen MR) is 69.1 cm³/mol. The average Bonchev–Trinajstić information content (AvgIpc) is 2.29. The minimum absolute atomic E-state index is 0.825. The molecule has 82 valence electrons. The summed E-state index contributed by atoms with van der Waals surface area (Å²) in [6.45, 7) is 2.38. The van der Waals surface area contributed by atoms with Crippen molar-refractivity contribution in [2.75, 3.05) is 0 Å². The lowest BCUT2D eigenvalue weighted by atomic mass is 9.90. The molecule has 1 nitrogen and oxygen atoms in total. The largest absolute Gasteiger partial charge is 0.249 e. The Morgan fingerprint density at radius 2 is 2.13 bits per heavy atom. The van der Waals surface area contributed by atoms with E-state index in [0.717, 1.165) is 16.2 Å². The van der Waals surface area contributed by atoms with Crippen molar-refractivity contribution in [3.05, 3.63) is 24.4 Å². The minimum Gasteiger partial charge on any atom is -0.249 e. The fourth-order valence-corrected chi connectivity index (χ4v) is 4.80. The molecule has 15 heavy (non-hydrogen) atoms. The Bertz CT molecular complexity index is 289. The number of hydrogen-bond acceptors (Lipinski definition) is 3. The molecule has 2 atom stereocenters. The van der Waals surface area contributed by atoms with Crippen molar-refractivity contribution < 1.29 is 0 Å². The first kappa shape index (κ1) is 11.3. The van der Waals surface area contributed by atoms with Gasteiger partial charge >= 0.3 is 0 Å². The van der Waals surface area contributed by atoms with E-state index in [1.54, 1.807) is 0 Å². The van der Waals surface area contributed by atoms with Crippen LogP contribution in [-0.4, -0.2) is 10.2 Å². The number of pyridine rings is 1. The van der Waals surface area contributed by atoms with Gasteiger partial charge in [0.1, 0.15) is 5.03 Å². The van der Waals surface area contributed by atoms with Crippen molar-refractivity contribution in [3.8, 4) is 0 Å². The SMILES string of the molecule is CC1CCCCC1SSc1ccccn1.